The van der Waals surface area contributed by atoms with Gasteiger partial charge >= 0.3 is 0 Å². The van der Waals surface area contributed by atoms with Gasteiger partial charge in [-0.15, -0.1) is 0 Å². The summed E-state index contributed by atoms with van der Waals surface area (Å²) < 4.78 is 5.81. The number of rotatable bonds is 10. The normalized spacial score (nSPS) is 17.2. The van der Waals surface area contributed by atoms with Crippen LogP contribution in [0.3, 0.4) is 0 Å². The molecule has 2 aliphatic rings. The topological polar surface area (TPSA) is 50.4 Å². The number of hydrogen-bond acceptors (Lipinski definition) is 3. The molecule has 1 atom stereocenters. The Bertz CT molecular complexity index is 801. The molecule has 2 fully saturated rings. The van der Waals surface area contributed by atoms with Gasteiger partial charge in [-0.3, -0.25) is 4.79 Å². The minimum Gasteiger partial charge on any atom is -0.483 e. The van der Waals surface area contributed by atoms with E-state index in [1.54, 1.807) is 0 Å². The van der Waals surface area contributed by atoms with Crippen molar-refractivity contribution in [3.8, 4) is 5.75 Å². The van der Waals surface area contributed by atoms with E-state index in [1.807, 2.05) is 30.3 Å². The first-order valence-electron chi connectivity index (χ1n) is 10.2. The number of carbonyl (C=O) groups is 1. The van der Waals surface area contributed by atoms with Crippen LogP contribution in [0, 0.1) is 11.8 Å². The molecule has 0 heterocycles. The second-order valence-electron chi connectivity index (χ2n) is 7.89. The minimum absolute atomic E-state index is 0.0494. The fraction of sp³-hybridized carbons (Fsp3) is 0.435. The van der Waals surface area contributed by atoms with Gasteiger partial charge in [0.15, 0.2) is 6.61 Å². The molecule has 5 heteroatoms. The number of nitrogens with one attached hydrogen (secondary N) is 2. The maximum Gasteiger partial charge on any atom is 0.257 e. The SMILES string of the molecule is O=C(COc1ccccc1CNC(c1ccc(Cl)cc1)C1CC1)NCC1CC1. The zero-order valence-electron chi connectivity index (χ0n) is 16.0. The molecule has 148 valence electrons. The van der Waals surface area contributed by atoms with Crippen LogP contribution >= 0.6 is 11.6 Å². The Labute approximate surface area is 171 Å². The van der Waals surface area contributed by atoms with Crippen LogP contribution in [-0.2, 0) is 11.3 Å². The Balaban J connectivity index is 1.34. The van der Waals surface area contributed by atoms with Gasteiger partial charge in [0, 0.05) is 29.7 Å². The van der Waals surface area contributed by atoms with Gasteiger partial charge in [0.1, 0.15) is 5.75 Å². The molecule has 4 nitrogen and oxygen atoms in total. The summed E-state index contributed by atoms with van der Waals surface area (Å²) in [4.78, 5) is 12.0. The standard InChI is InChI=1S/C23H27ClN2O2/c24-20-11-9-18(10-12-20)23(17-7-8-17)26-14-19-3-1-2-4-21(19)28-15-22(27)25-13-16-5-6-16/h1-4,9-12,16-17,23,26H,5-8,13-15H2,(H,25,27). The molecular formula is C23H27ClN2O2. The van der Waals surface area contributed by atoms with Crippen LogP contribution in [0.25, 0.3) is 0 Å². The van der Waals surface area contributed by atoms with Crippen LogP contribution in [-0.4, -0.2) is 19.1 Å². The Morgan fingerprint density at radius 3 is 2.54 bits per heavy atom. The number of halogens is 1. The third-order valence-electron chi connectivity index (χ3n) is 5.45. The summed E-state index contributed by atoms with van der Waals surface area (Å²) in [5, 5.41) is 7.39. The molecule has 1 unspecified atom stereocenters. The van der Waals surface area contributed by atoms with Gasteiger partial charge in [-0.2, -0.15) is 0 Å². The number of hydrogen-bond donors (Lipinski definition) is 2. The highest BCUT2D eigenvalue weighted by molar-refractivity contribution is 6.30. The first kappa shape index (κ1) is 19.3. The lowest BCUT2D eigenvalue weighted by atomic mass is 10.0. The van der Waals surface area contributed by atoms with E-state index in [2.05, 4.69) is 28.8 Å². The van der Waals surface area contributed by atoms with E-state index in [4.69, 9.17) is 16.3 Å². The number of amides is 1. The summed E-state index contributed by atoms with van der Waals surface area (Å²) in [6, 6.07) is 16.3. The molecule has 0 radical (unpaired) electrons. The van der Waals surface area contributed by atoms with Gasteiger partial charge in [-0.05, 0) is 61.3 Å². The molecule has 28 heavy (non-hydrogen) atoms. The maximum absolute atomic E-state index is 12.0. The van der Waals surface area contributed by atoms with Crippen LogP contribution < -0.4 is 15.4 Å². The van der Waals surface area contributed by atoms with Crippen molar-refractivity contribution in [2.24, 2.45) is 11.8 Å². The fourth-order valence-corrected chi connectivity index (χ4v) is 3.57. The molecule has 0 spiro atoms. The molecular weight excluding hydrogens is 372 g/mol. The summed E-state index contributed by atoms with van der Waals surface area (Å²) >= 11 is 6.04. The molecule has 0 aliphatic heterocycles. The zero-order chi connectivity index (χ0) is 19.3. The van der Waals surface area contributed by atoms with Crippen molar-refractivity contribution in [3.63, 3.8) is 0 Å². The Morgan fingerprint density at radius 2 is 1.82 bits per heavy atom. The van der Waals surface area contributed by atoms with Crippen LogP contribution in [0.1, 0.15) is 42.9 Å². The van der Waals surface area contributed by atoms with Crippen LogP contribution in [0.4, 0.5) is 0 Å². The Morgan fingerprint density at radius 1 is 1.07 bits per heavy atom. The first-order valence-corrected chi connectivity index (χ1v) is 10.5. The van der Waals surface area contributed by atoms with Crippen molar-refractivity contribution in [2.45, 2.75) is 38.3 Å². The minimum atomic E-state index is -0.0494. The highest BCUT2D eigenvalue weighted by Crippen LogP contribution is 2.41. The zero-order valence-corrected chi connectivity index (χ0v) is 16.8. The summed E-state index contributed by atoms with van der Waals surface area (Å²) in [5.41, 5.74) is 2.34. The molecule has 0 saturated heterocycles. The van der Waals surface area contributed by atoms with Crippen LogP contribution in [0.15, 0.2) is 48.5 Å². The van der Waals surface area contributed by atoms with E-state index >= 15 is 0 Å². The highest BCUT2D eigenvalue weighted by atomic mass is 35.5. The maximum atomic E-state index is 12.0. The highest BCUT2D eigenvalue weighted by Gasteiger charge is 2.32. The van der Waals surface area contributed by atoms with Crippen LogP contribution in [0.5, 0.6) is 5.75 Å². The first-order chi connectivity index (χ1) is 13.7. The largest absolute Gasteiger partial charge is 0.483 e. The predicted molar refractivity (Wildman–Crippen MR) is 111 cm³/mol. The number of ether oxygens (including phenoxy) is 1. The van der Waals surface area contributed by atoms with Gasteiger partial charge in [-0.1, -0.05) is 41.9 Å². The van der Waals surface area contributed by atoms with Gasteiger partial charge in [0.05, 0.1) is 0 Å². The van der Waals surface area contributed by atoms with Gasteiger partial charge in [0.2, 0.25) is 0 Å². The molecule has 2 saturated carbocycles. The van der Waals surface area contributed by atoms with Gasteiger partial charge < -0.3 is 15.4 Å². The van der Waals surface area contributed by atoms with E-state index in [0.717, 1.165) is 22.9 Å². The molecule has 0 bridgehead atoms. The van der Waals surface area contributed by atoms with Crippen molar-refractivity contribution >= 4 is 17.5 Å². The summed E-state index contributed by atoms with van der Waals surface area (Å²) in [7, 11) is 0. The molecule has 2 aromatic carbocycles. The molecule has 4 rings (SSSR count). The van der Waals surface area contributed by atoms with Crippen LogP contribution in [0.2, 0.25) is 5.02 Å². The monoisotopic (exact) mass is 398 g/mol. The average molecular weight is 399 g/mol. The summed E-state index contributed by atoms with van der Waals surface area (Å²) in [5.74, 6) is 2.06. The number of benzene rings is 2. The van der Waals surface area contributed by atoms with E-state index in [-0.39, 0.29) is 12.5 Å². The van der Waals surface area contributed by atoms with Crippen molar-refractivity contribution in [2.75, 3.05) is 13.2 Å². The van der Waals surface area contributed by atoms with Crippen molar-refractivity contribution in [1.29, 1.82) is 0 Å². The van der Waals surface area contributed by atoms with Gasteiger partial charge in [-0.25, -0.2) is 0 Å². The number of carbonyl (C=O) groups excluding carboxylic acids is 1. The fourth-order valence-electron chi connectivity index (χ4n) is 3.44. The molecule has 0 aromatic heterocycles. The summed E-state index contributed by atoms with van der Waals surface area (Å²) in [6.45, 7) is 1.53. The lowest BCUT2D eigenvalue weighted by molar-refractivity contribution is -0.123. The molecule has 2 aromatic rings. The molecule has 1 amide bonds. The molecule has 2 N–H and O–H groups in total. The quantitative estimate of drug-likeness (QED) is 0.620. The van der Waals surface area contributed by atoms with Crippen molar-refractivity contribution in [3.05, 3.63) is 64.7 Å². The number of para-hydroxylation sites is 1. The van der Waals surface area contributed by atoms with E-state index in [1.165, 1.54) is 31.2 Å². The second kappa shape index (κ2) is 8.97. The van der Waals surface area contributed by atoms with E-state index in [9.17, 15) is 4.79 Å². The average Bonchev–Trinajstić information content (AvgIpc) is 3.61. The Hall–Kier alpha value is -2.04. The van der Waals surface area contributed by atoms with E-state index < -0.39 is 0 Å². The third-order valence-corrected chi connectivity index (χ3v) is 5.70. The van der Waals surface area contributed by atoms with Gasteiger partial charge in [0.25, 0.3) is 5.91 Å². The lowest BCUT2D eigenvalue weighted by Crippen LogP contribution is -2.30. The van der Waals surface area contributed by atoms with E-state index in [0.29, 0.717) is 24.4 Å². The molecule has 2 aliphatic carbocycles. The lowest BCUT2D eigenvalue weighted by Gasteiger charge is -2.20. The Kier molecular flexibility index (Phi) is 6.18. The second-order valence-corrected chi connectivity index (χ2v) is 8.33. The predicted octanol–water partition coefficient (Wildman–Crippen LogP) is 4.49. The van der Waals surface area contributed by atoms with Crippen molar-refractivity contribution < 1.29 is 9.53 Å². The third kappa shape index (κ3) is 5.49. The summed E-state index contributed by atoms with van der Waals surface area (Å²) in [6.07, 6.45) is 4.95. The van der Waals surface area contributed by atoms with Crippen molar-refractivity contribution in [1.82, 2.24) is 10.6 Å². The smallest absolute Gasteiger partial charge is 0.257 e.